The van der Waals surface area contributed by atoms with Crippen LogP contribution in [0.15, 0.2) is 28.1 Å². The average Bonchev–Trinajstić information content (AvgIpc) is 3.20. The number of urea groups is 1. The number of ether oxygens (including phenoxy) is 1. The molecule has 2 amide bonds. The van der Waals surface area contributed by atoms with Gasteiger partial charge in [0.25, 0.3) is 0 Å². The smallest absolute Gasteiger partial charge is 0.319 e. The predicted octanol–water partition coefficient (Wildman–Crippen LogP) is 3.40. The summed E-state index contributed by atoms with van der Waals surface area (Å²) in [5.74, 6) is -0.598. The van der Waals surface area contributed by atoms with Crippen molar-refractivity contribution in [2.45, 2.75) is 41.9 Å². The van der Waals surface area contributed by atoms with Gasteiger partial charge in [-0.2, -0.15) is 0 Å². The molecule has 0 bridgehead atoms. The van der Waals surface area contributed by atoms with Crippen LogP contribution in [0.4, 0.5) is 10.5 Å². The zero-order chi connectivity index (χ0) is 19.8. The molecule has 3 rings (SSSR count). The molecule has 10 heteroatoms. The second-order valence-corrected chi connectivity index (χ2v) is 10.1. The second-order valence-electron chi connectivity index (χ2n) is 6.85. The highest BCUT2D eigenvalue weighted by Crippen LogP contribution is 2.43. The highest BCUT2D eigenvalue weighted by molar-refractivity contribution is 7.93. The molecule has 2 aliphatic rings. The lowest BCUT2D eigenvalue weighted by molar-refractivity contribution is 0.191. The van der Waals surface area contributed by atoms with E-state index < -0.39 is 31.3 Å². The number of allylic oxidation sites excluding steroid dienone is 1. The number of halogens is 2. The van der Waals surface area contributed by atoms with Crippen molar-refractivity contribution in [3.8, 4) is 5.75 Å². The highest BCUT2D eigenvalue weighted by atomic mass is 35.5. The summed E-state index contributed by atoms with van der Waals surface area (Å²) in [6, 6.07) is 1.75. The third kappa shape index (κ3) is 3.76. The fraction of sp³-hybridized carbons (Fsp3) is 0.471. The quantitative estimate of drug-likeness (QED) is 0.629. The lowest BCUT2D eigenvalue weighted by atomic mass is 10.1. The number of anilines is 1. The van der Waals surface area contributed by atoms with E-state index in [2.05, 4.69) is 10.6 Å². The molecule has 0 spiro atoms. The number of carbonyl (C=O) groups is 1. The first-order valence-corrected chi connectivity index (χ1v) is 10.7. The summed E-state index contributed by atoms with van der Waals surface area (Å²) in [6.07, 6.45) is 3.55. The van der Waals surface area contributed by atoms with Crippen LogP contribution < -0.4 is 10.6 Å². The van der Waals surface area contributed by atoms with Crippen LogP contribution >= 0.6 is 23.2 Å². The van der Waals surface area contributed by atoms with Crippen molar-refractivity contribution >= 4 is 44.8 Å². The van der Waals surface area contributed by atoms with Gasteiger partial charge in [0.05, 0.1) is 28.1 Å². The Morgan fingerprint density at radius 2 is 2.11 bits per heavy atom. The van der Waals surface area contributed by atoms with Crippen LogP contribution in [0.25, 0.3) is 0 Å². The van der Waals surface area contributed by atoms with Gasteiger partial charge in [0, 0.05) is 11.6 Å². The number of phenols is 1. The summed E-state index contributed by atoms with van der Waals surface area (Å²) in [4.78, 5) is 11.8. The number of carbonyl (C=O) groups excluding carboxylic acids is 1. The Labute approximate surface area is 167 Å². The molecule has 0 saturated carbocycles. The minimum Gasteiger partial charge on any atom is -0.504 e. The fourth-order valence-corrected chi connectivity index (χ4v) is 5.64. The molecule has 0 radical (unpaired) electrons. The maximum Gasteiger partial charge on any atom is 0.319 e. The van der Waals surface area contributed by atoms with E-state index in [1.807, 2.05) is 6.08 Å². The van der Waals surface area contributed by atoms with E-state index >= 15 is 0 Å². The molecule has 148 valence electrons. The molecule has 1 aromatic carbocycles. The fourth-order valence-electron chi connectivity index (χ4n) is 3.14. The zero-order valence-corrected chi connectivity index (χ0v) is 16.9. The largest absolute Gasteiger partial charge is 0.504 e. The van der Waals surface area contributed by atoms with Gasteiger partial charge in [-0.15, -0.1) is 0 Å². The minimum atomic E-state index is -4.00. The van der Waals surface area contributed by atoms with Crippen LogP contribution in [0, 0.1) is 0 Å². The number of benzene rings is 1. The van der Waals surface area contributed by atoms with Gasteiger partial charge in [-0.05, 0) is 38.3 Å². The van der Waals surface area contributed by atoms with Crippen LogP contribution in [0.2, 0.25) is 5.02 Å². The van der Waals surface area contributed by atoms with Gasteiger partial charge in [-0.3, -0.25) is 0 Å². The van der Waals surface area contributed by atoms with Crippen molar-refractivity contribution in [1.29, 1.82) is 0 Å². The minimum absolute atomic E-state index is 0.00968. The second kappa shape index (κ2) is 7.50. The van der Waals surface area contributed by atoms with Crippen molar-refractivity contribution in [2.24, 2.45) is 0 Å². The number of phenolic OH excluding ortho intramolecular Hbond substituents is 1. The van der Waals surface area contributed by atoms with Gasteiger partial charge in [0.2, 0.25) is 0 Å². The van der Waals surface area contributed by atoms with Gasteiger partial charge < -0.3 is 20.5 Å². The number of hydrogen-bond donors (Lipinski definition) is 3. The average molecular weight is 435 g/mol. The number of rotatable bonds is 4. The van der Waals surface area contributed by atoms with Crippen LogP contribution in [-0.2, 0) is 14.6 Å². The monoisotopic (exact) mass is 434 g/mol. The summed E-state index contributed by atoms with van der Waals surface area (Å²) in [5, 5.41) is 16.1. The highest BCUT2D eigenvalue weighted by Gasteiger charge is 2.46. The van der Waals surface area contributed by atoms with Crippen LogP contribution in [-0.4, -0.2) is 43.6 Å². The van der Waals surface area contributed by atoms with Crippen LogP contribution in [0.3, 0.4) is 0 Å². The predicted molar refractivity (Wildman–Crippen MR) is 103 cm³/mol. The van der Waals surface area contributed by atoms with E-state index in [9.17, 15) is 18.3 Å². The summed E-state index contributed by atoms with van der Waals surface area (Å²) in [7, 11) is -4.00. The standard InChI is InChI=1S/C17H20Cl2N2O5S/c1-17(7-8-26-9-17)27(24,25)15-11(19)5-6-13(14(15)22)21-16(23)20-12-4-2-3-10(12)18/h3,5-6,12,22H,2,4,7-9H2,1H3,(H2,20,21,23)/t12-,17-/m1/s1. The van der Waals surface area contributed by atoms with Crippen molar-refractivity contribution in [2.75, 3.05) is 18.5 Å². The van der Waals surface area contributed by atoms with Crippen molar-refractivity contribution < 1.29 is 23.1 Å². The number of nitrogens with one attached hydrogen (secondary N) is 2. The lowest BCUT2D eigenvalue weighted by Crippen LogP contribution is -2.37. The van der Waals surface area contributed by atoms with Gasteiger partial charge >= 0.3 is 6.03 Å². The molecule has 1 aromatic rings. The molecule has 1 fully saturated rings. The first kappa shape index (κ1) is 20.3. The molecule has 1 saturated heterocycles. The number of sulfone groups is 1. The molecule has 1 aliphatic carbocycles. The molecular formula is C17H20Cl2N2O5S. The Morgan fingerprint density at radius 1 is 1.37 bits per heavy atom. The third-order valence-corrected chi connectivity index (χ3v) is 8.28. The molecular weight excluding hydrogens is 415 g/mol. The van der Waals surface area contributed by atoms with E-state index in [4.69, 9.17) is 27.9 Å². The number of hydrogen-bond acceptors (Lipinski definition) is 5. The summed E-state index contributed by atoms with van der Waals surface area (Å²) in [6.45, 7) is 1.87. The Morgan fingerprint density at radius 3 is 2.70 bits per heavy atom. The van der Waals surface area contributed by atoms with E-state index in [-0.39, 0.29) is 29.8 Å². The van der Waals surface area contributed by atoms with Crippen molar-refractivity contribution in [3.05, 3.63) is 28.3 Å². The van der Waals surface area contributed by atoms with Gasteiger partial charge in [0.1, 0.15) is 4.90 Å². The molecule has 2 atom stereocenters. The molecule has 0 unspecified atom stereocenters. The lowest BCUT2D eigenvalue weighted by Gasteiger charge is -2.24. The third-order valence-electron chi connectivity index (χ3n) is 4.86. The molecule has 27 heavy (non-hydrogen) atoms. The first-order chi connectivity index (χ1) is 12.7. The normalized spacial score (nSPS) is 25.3. The Bertz CT molecular complexity index is 895. The molecule has 7 nitrogen and oxygen atoms in total. The number of amides is 2. The number of aromatic hydroxyl groups is 1. The first-order valence-electron chi connectivity index (χ1n) is 8.42. The van der Waals surface area contributed by atoms with Gasteiger partial charge in [-0.25, -0.2) is 13.2 Å². The summed E-state index contributed by atoms with van der Waals surface area (Å²) in [5.41, 5.74) is -0.0592. The van der Waals surface area contributed by atoms with Crippen LogP contribution in [0.1, 0.15) is 26.2 Å². The van der Waals surface area contributed by atoms with Gasteiger partial charge in [-0.1, -0.05) is 29.3 Å². The topological polar surface area (TPSA) is 105 Å². The summed E-state index contributed by atoms with van der Waals surface area (Å²) < 4.78 is 30.2. The zero-order valence-electron chi connectivity index (χ0n) is 14.6. The Balaban J connectivity index is 1.87. The SMILES string of the molecule is C[C@@]1(S(=O)(=O)c2c(Cl)ccc(NC(=O)N[C@@H]3CCC=C3Cl)c2O)CCOC1. The molecule has 1 heterocycles. The van der Waals surface area contributed by atoms with Crippen molar-refractivity contribution in [1.82, 2.24) is 5.32 Å². The molecule has 3 N–H and O–H groups in total. The summed E-state index contributed by atoms with van der Waals surface area (Å²) >= 11 is 12.1. The Kier molecular flexibility index (Phi) is 5.63. The van der Waals surface area contributed by atoms with E-state index in [0.29, 0.717) is 18.1 Å². The van der Waals surface area contributed by atoms with Crippen LogP contribution in [0.5, 0.6) is 5.75 Å². The Hall–Kier alpha value is -1.48. The van der Waals surface area contributed by atoms with Crippen molar-refractivity contribution in [3.63, 3.8) is 0 Å². The molecule has 0 aromatic heterocycles. The van der Waals surface area contributed by atoms with Gasteiger partial charge in [0.15, 0.2) is 15.6 Å². The maximum absolute atomic E-state index is 13.1. The van der Waals surface area contributed by atoms with E-state index in [1.54, 1.807) is 6.92 Å². The molecule has 1 aliphatic heterocycles. The maximum atomic E-state index is 13.1. The van der Waals surface area contributed by atoms with E-state index in [0.717, 1.165) is 6.42 Å². The van der Waals surface area contributed by atoms with E-state index in [1.165, 1.54) is 12.1 Å².